The van der Waals surface area contributed by atoms with Crippen LogP contribution in [0.1, 0.15) is 24.8 Å². The SMILES string of the molecule is COc1cc(C2=CC3NCCCC3C2)cnc1Cl. The molecule has 3 nitrogen and oxygen atoms in total. The highest BCUT2D eigenvalue weighted by Crippen LogP contribution is 2.38. The van der Waals surface area contributed by atoms with Gasteiger partial charge in [0.15, 0.2) is 10.9 Å². The van der Waals surface area contributed by atoms with Gasteiger partial charge in [0.1, 0.15) is 0 Å². The van der Waals surface area contributed by atoms with E-state index in [1.54, 1.807) is 7.11 Å². The summed E-state index contributed by atoms with van der Waals surface area (Å²) < 4.78 is 5.23. The average Bonchev–Trinajstić information content (AvgIpc) is 2.83. The molecule has 1 aliphatic carbocycles. The van der Waals surface area contributed by atoms with E-state index >= 15 is 0 Å². The average molecular weight is 265 g/mol. The number of methoxy groups -OCH3 is 1. The Bertz CT molecular complexity index is 487. The van der Waals surface area contributed by atoms with Gasteiger partial charge in [0.2, 0.25) is 0 Å². The first-order valence-electron chi connectivity index (χ1n) is 6.42. The zero-order valence-electron chi connectivity index (χ0n) is 10.4. The van der Waals surface area contributed by atoms with Gasteiger partial charge in [0, 0.05) is 12.2 Å². The fourth-order valence-electron chi connectivity index (χ4n) is 2.93. The maximum absolute atomic E-state index is 5.96. The van der Waals surface area contributed by atoms with Crippen LogP contribution in [0.4, 0.5) is 0 Å². The number of aromatic nitrogens is 1. The van der Waals surface area contributed by atoms with E-state index in [2.05, 4.69) is 16.4 Å². The lowest BCUT2D eigenvalue weighted by molar-refractivity contribution is 0.341. The number of hydrogen-bond acceptors (Lipinski definition) is 3. The summed E-state index contributed by atoms with van der Waals surface area (Å²) >= 11 is 5.96. The van der Waals surface area contributed by atoms with Crippen LogP contribution >= 0.6 is 11.6 Å². The van der Waals surface area contributed by atoms with Crippen LogP contribution in [0.3, 0.4) is 0 Å². The van der Waals surface area contributed by atoms with Crippen molar-refractivity contribution in [2.75, 3.05) is 13.7 Å². The van der Waals surface area contributed by atoms with Crippen LogP contribution < -0.4 is 10.1 Å². The Labute approximate surface area is 112 Å². The molecule has 18 heavy (non-hydrogen) atoms. The highest BCUT2D eigenvalue weighted by molar-refractivity contribution is 6.30. The van der Waals surface area contributed by atoms with Gasteiger partial charge in [-0.3, -0.25) is 0 Å². The van der Waals surface area contributed by atoms with Crippen molar-refractivity contribution in [3.8, 4) is 5.75 Å². The predicted molar refractivity (Wildman–Crippen MR) is 72.9 cm³/mol. The van der Waals surface area contributed by atoms with Crippen LogP contribution in [-0.4, -0.2) is 24.7 Å². The molecule has 4 heteroatoms. The Morgan fingerprint density at radius 1 is 1.50 bits per heavy atom. The lowest BCUT2D eigenvalue weighted by Crippen LogP contribution is -2.37. The molecule has 96 valence electrons. The van der Waals surface area contributed by atoms with E-state index in [4.69, 9.17) is 16.3 Å². The first-order valence-corrected chi connectivity index (χ1v) is 6.79. The molecular weight excluding hydrogens is 248 g/mol. The van der Waals surface area contributed by atoms with Crippen molar-refractivity contribution in [1.82, 2.24) is 10.3 Å². The number of hydrogen-bond donors (Lipinski definition) is 1. The second kappa shape index (κ2) is 4.90. The van der Waals surface area contributed by atoms with Gasteiger partial charge in [0.25, 0.3) is 0 Å². The number of nitrogens with one attached hydrogen (secondary N) is 1. The molecule has 0 spiro atoms. The van der Waals surface area contributed by atoms with Crippen LogP contribution in [0.5, 0.6) is 5.75 Å². The standard InChI is InChI=1S/C14H17ClN2O/c1-18-13-7-11(8-17-14(13)15)10-5-9-3-2-4-16-12(9)6-10/h6-9,12,16H,2-5H2,1H3. The lowest BCUT2D eigenvalue weighted by Gasteiger charge is -2.25. The van der Waals surface area contributed by atoms with Crippen LogP contribution in [0, 0.1) is 5.92 Å². The first-order chi connectivity index (χ1) is 8.78. The van der Waals surface area contributed by atoms with Gasteiger partial charge in [-0.15, -0.1) is 0 Å². The summed E-state index contributed by atoms with van der Waals surface area (Å²) in [7, 11) is 1.62. The number of allylic oxidation sites excluding steroid dienone is 1. The summed E-state index contributed by atoms with van der Waals surface area (Å²) in [6.45, 7) is 1.13. The van der Waals surface area contributed by atoms with E-state index in [0.29, 0.717) is 16.9 Å². The van der Waals surface area contributed by atoms with E-state index < -0.39 is 0 Å². The summed E-state index contributed by atoms with van der Waals surface area (Å²) in [6, 6.07) is 2.52. The molecule has 0 aromatic carbocycles. The number of halogens is 1. The Kier molecular flexibility index (Phi) is 3.27. The molecule has 1 aliphatic heterocycles. The van der Waals surface area contributed by atoms with E-state index in [1.807, 2.05) is 12.3 Å². The Hall–Kier alpha value is -1.06. The smallest absolute Gasteiger partial charge is 0.171 e. The monoisotopic (exact) mass is 264 g/mol. The molecular formula is C14H17ClN2O. The van der Waals surface area contributed by atoms with Gasteiger partial charge in [-0.05, 0) is 48.9 Å². The van der Waals surface area contributed by atoms with E-state index in [9.17, 15) is 0 Å². The van der Waals surface area contributed by atoms with Crippen molar-refractivity contribution in [3.63, 3.8) is 0 Å². The van der Waals surface area contributed by atoms with Gasteiger partial charge in [-0.1, -0.05) is 17.7 Å². The molecule has 1 aromatic rings. The summed E-state index contributed by atoms with van der Waals surface area (Å²) in [5.41, 5.74) is 2.49. The van der Waals surface area contributed by atoms with Gasteiger partial charge in [-0.2, -0.15) is 0 Å². The number of fused-ring (bicyclic) bond motifs is 1. The Morgan fingerprint density at radius 3 is 3.17 bits per heavy atom. The molecule has 0 bridgehead atoms. The van der Waals surface area contributed by atoms with Gasteiger partial charge in [0.05, 0.1) is 7.11 Å². The third-order valence-corrected chi connectivity index (χ3v) is 4.18. The van der Waals surface area contributed by atoms with E-state index in [1.165, 1.54) is 18.4 Å². The third kappa shape index (κ3) is 2.13. The largest absolute Gasteiger partial charge is 0.494 e. The minimum Gasteiger partial charge on any atom is -0.494 e. The fraction of sp³-hybridized carbons (Fsp3) is 0.500. The van der Waals surface area contributed by atoms with Crippen molar-refractivity contribution in [2.24, 2.45) is 5.92 Å². The third-order valence-electron chi connectivity index (χ3n) is 3.90. The van der Waals surface area contributed by atoms with Crippen molar-refractivity contribution >= 4 is 17.2 Å². The molecule has 3 rings (SSSR count). The van der Waals surface area contributed by atoms with Crippen molar-refractivity contribution in [2.45, 2.75) is 25.3 Å². The van der Waals surface area contributed by atoms with Gasteiger partial charge < -0.3 is 10.1 Å². The quantitative estimate of drug-likeness (QED) is 0.834. The molecule has 1 aromatic heterocycles. The van der Waals surface area contributed by atoms with E-state index in [0.717, 1.165) is 24.4 Å². The molecule has 2 aliphatic rings. The molecule has 0 amide bonds. The van der Waals surface area contributed by atoms with E-state index in [-0.39, 0.29) is 0 Å². The molecule has 1 fully saturated rings. The zero-order chi connectivity index (χ0) is 12.5. The predicted octanol–water partition coefficient (Wildman–Crippen LogP) is 2.90. The second-order valence-corrected chi connectivity index (χ2v) is 5.35. The summed E-state index contributed by atoms with van der Waals surface area (Å²) in [5.74, 6) is 1.40. The molecule has 2 unspecified atom stereocenters. The maximum atomic E-state index is 5.96. The number of piperidine rings is 1. The summed E-state index contributed by atoms with van der Waals surface area (Å²) in [6.07, 6.45) is 7.91. The molecule has 1 saturated heterocycles. The Morgan fingerprint density at radius 2 is 2.39 bits per heavy atom. The topological polar surface area (TPSA) is 34.1 Å². The lowest BCUT2D eigenvalue weighted by atomic mass is 9.92. The number of pyridine rings is 1. The second-order valence-electron chi connectivity index (χ2n) is 5.00. The molecule has 0 radical (unpaired) electrons. The molecule has 0 saturated carbocycles. The molecule has 2 heterocycles. The number of nitrogens with zero attached hydrogens (tertiary/aromatic N) is 1. The minimum atomic E-state index is 0.426. The van der Waals surface area contributed by atoms with Crippen molar-refractivity contribution in [3.05, 3.63) is 29.1 Å². The summed E-state index contributed by atoms with van der Waals surface area (Å²) in [4.78, 5) is 4.19. The van der Waals surface area contributed by atoms with Crippen molar-refractivity contribution in [1.29, 1.82) is 0 Å². The first kappa shape index (κ1) is 12.0. The van der Waals surface area contributed by atoms with Gasteiger partial charge in [-0.25, -0.2) is 4.98 Å². The maximum Gasteiger partial charge on any atom is 0.171 e. The van der Waals surface area contributed by atoms with Crippen molar-refractivity contribution < 1.29 is 4.74 Å². The Balaban J connectivity index is 1.87. The fourth-order valence-corrected chi connectivity index (χ4v) is 3.11. The van der Waals surface area contributed by atoms with Gasteiger partial charge >= 0.3 is 0 Å². The minimum absolute atomic E-state index is 0.426. The molecule has 2 atom stereocenters. The normalized spacial score (nSPS) is 26.7. The molecule has 1 N–H and O–H groups in total. The number of ether oxygens (including phenoxy) is 1. The van der Waals surface area contributed by atoms with Crippen LogP contribution in [0.15, 0.2) is 18.3 Å². The highest BCUT2D eigenvalue weighted by atomic mass is 35.5. The van der Waals surface area contributed by atoms with Crippen LogP contribution in [0.25, 0.3) is 5.57 Å². The number of rotatable bonds is 2. The zero-order valence-corrected chi connectivity index (χ0v) is 11.2. The highest BCUT2D eigenvalue weighted by Gasteiger charge is 2.30. The van der Waals surface area contributed by atoms with Crippen LogP contribution in [0.2, 0.25) is 5.15 Å². The van der Waals surface area contributed by atoms with Crippen LogP contribution in [-0.2, 0) is 0 Å². The summed E-state index contributed by atoms with van der Waals surface area (Å²) in [5, 5.41) is 3.99.